The fourth-order valence-electron chi connectivity index (χ4n) is 5.75. The number of carbonyl (C=O) groups is 2. The maximum Gasteiger partial charge on any atom is 0.322 e. The van der Waals surface area contributed by atoms with Gasteiger partial charge in [-0.1, -0.05) is 12.8 Å². The molecule has 0 aromatic heterocycles. The van der Waals surface area contributed by atoms with Gasteiger partial charge in [-0.2, -0.15) is 0 Å². The second kappa shape index (κ2) is 8.22. The summed E-state index contributed by atoms with van der Waals surface area (Å²) in [5, 5.41) is 6.05. The summed E-state index contributed by atoms with van der Waals surface area (Å²) in [5.41, 5.74) is 3.73. The largest absolute Gasteiger partial charge is 0.486 e. The number of rotatable bonds is 3. The van der Waals surface area contributed by atoms with Gasteiger partial charge in [-0.05, 0) is 80.1 Å². The zero-order chi connectivity index (χ0) is 23.3. The van der Waals surface area contributed by atoms with Crippen molar-refractivity contribution in [1.29, 1.82) is 0 Å². The molecule has 2 aromatic rings. The van der Waals surface area contributed by atoms with E-state index in [2.05, 4.69) is 29.7 Å². The zero-order valence-electron chi connectivity index (χ0n) is 19.6. The second-order valence-electron chi connectivity index (χ2n) is 10.1. The summed E-state index contributed by atoms with van der Waals surface area (Å²) in [6, 6.07) is 11.5. The molecular weight excluding hydrogens is 430 g/mol. The Bertz CT molecular complexity index is 1120. The van der Waals surface area contributed by atoms with E-state index in [1.807, 2.05) is 4.90 Å². The van der Waals surface area contributed by atoms with Crippen LogP contribution in [0.5, 0.6) is 11.5 Å². The lowest BCUT2D eigenvalue weighted by atomic mass is 9.71. The fraction of sp³-hybridized carbons (Fsp3) is 0.481. The summed E-state index contributed by atoms with van der Waals surface area (Å²) in [6.45, 7) is 3.89. The van der Waals surface area contributed by atoms with Gasteiger partial charge in [0.15, 0.2) is 11.5 Å². The van der Waals surface area contributed by atoms with E-state index in [1.54, 1.807) is 24.3 Å². The number of benzene rings is 2. The Morgan fingerprint density at radius 2 is 1.68 bits per heavy atom. The predicted molar refractivity (Wildman–Crippen MR) is 129 cm³/mol. The molecule has 1 atom stereocenters. The van der Waals surface area contributed by atoms with Crippen LogP contribution in [0.15, 0.2) is 36.4 Å². The summed E-state index contributed by atoms with van der Waals surface area (Å²) in [5.74, 6) is 1.54. The van der Waals surface area contributed by atoms with Crippen molar-refractivity contribution >= 4 is 17.6 Å². The first-order valence-electron chi connectivity index (χ1n) is 12.4. The van der Waals surface area contributed by atoms with Crippen LogP contribution < -0.4 is 20.1 Å². The summed E-state index contributed by atoms with van der Waals surface area (Å²) < 4.78 is 11.7. The molecule has 2 saturated carbocycles. The standard InChI is InChI=1S/C27H31N3O4/c1-17-21-14-23-24(34-13-12-33-23)15-22(21)27(10-2-3-11-27)16-30(17)26(32)29-20-6-4-18(5-7-20)25(31)28-19-8-9-19/h4-7,14-15,17,19H,2-3,8-13,16H2,1H3,(H,28,31)(H,29,32). The van der Waals surface area contributed by atoms with Crippen molar-refractivity contribution < 1.29 is 19.1 Å². The van der Waals surface area contributed by atoms with E-state index >= 15 is 0 Å². The van der Waals surface area contributed by atoms with Crippen LogP contribution in [0.25, 0.3) is 0 Å². The van der Waals surface area contributed by atoms with Gasteiger partial charge in [0.2, 0.25) is 0 Å². The van der Waals surface area contributed by atoms with Crippen molar-refractivity contribution in [1.82, 2.24) is 10.2 Å². The number of fused-ring (bicyclic) bond motifs is 3. The van der Waals surface area contributed by atoms with E-state index in [0.717, 1.165) is 42.7 Å². The first kappa shape index (κ1) is 21.3. The summed E-state index contributed by atoms with van der Waals surface area (Å²) in [7, 11) is 0. The minimum atomic E-state index is -0.116. The first-order valence-corrected chi connectivity index (χ1v) is 12.4. The van der Waals surface area contributed by atoms with Gasteiger partial charge in [0.1, 0.15) is 13.2 Å². The number of nitrogens with one attached hydrogen (secondary N) is 2. The molecule has 6 rings (SSSR count). The van der Waals surface area contributed by atoms with Crippen LogP contribution in [0.2, 0.25) is 0 Å². The van der Waals surface area contributed by atoms with Gasteiger partial charge in [-0.15, -0.1) is 0 Å². The minimum absolute atomic E-state index is 0.0419. The molecule has 34 heavy (non-hydrogen) atoms. The van der Waals surface area contributed by atoms with Crippen LogP contribution in [0.4, 0.5) is 10.5 Å². The third-order valence-electron chi connectivity index (χ3n) is 7.81. The summed E-state index contributed by atoms with van der Waals surface area (Å²) >= 11 is 0. The molecular formula is C27H31N3O4. The molecule has 0 bridgehead atoms. The van der Waals surface area contributed by atoms with Crippen LogP contribution >= 0.6 is 0 Å². The Morgan fingerprint density at radius 1 is 1.00 bits per heavy atom. The van der Waals surface area contributed by atoms with Crippen LogP contribution in [-0.2, 0) is 5.41 Å². The van der Waals surface area contributed by atoms with E-state index in [9.17, 15) is 9.59 Å². The molecule has 7 nitrogen and oxygen atoms in total. The van der Waals surface area contributed by atoms with Gasteiger partial charge in [-0.3, -0.25) is 4.79 Å². The number of nitrogens with zero attached hydrogens (tertiary/aromatic N) is 1. The molecule has 2 heterocycles. The van der Waals surface area contributed by atoms with E-state index < -0.39 is 0 Å². The average Bonchev–Trinajstić information content (AvgIpc) is 3.55. The number of ether oxygens (including phenoxy) is 2. The molecule has 3 amide bonds. The first-order chi connectivity index (χ1) is 16.5. The Morgan fingerprint density at radius 3 is 2.35 bits per heavy atom. The SMILES string of the molecule is CC1c2cc3c(cc2C2(CCCC2)CN1C(=O)Nc1ccc(C(=O)NC2CC2)cc1)OCCO3. The molecule has 0 saturated heterocycles. The van der Waals surface area contributed by atoms with Crippen LogP contribution in [0.3, 0.4) is 0 Å². The van der Waals surface area contributed by atoms with Crippen molar-refractivity contribution in [2.45, 2.75) is 62.9 Å². The number of anilines is 1. The van der Waals surface area contributed by atoms with Crippen molar-refractivity contribution in [2.75, 3.05) is 25.1 Å². The van der Waals surface area contributed by atoms with Crippen LogP contribution in [0, 0.1) is 0 Å². The Labute approximate surface area is 199 Å². The molecule has 178 valence electrons. The molecule has 2 aromatic carbocycles. The fourth-order valence-corrected chi connectivity index (χ4v) is 5.75. The van der Waals surface area contributed by atoms with Crippen molar-refractivity contribution in [3.05, 3.63) is 53.1 Å². The molecule has 0 radical (unpaired) electrons. The van der Waals surface area contributed by atoms with E-state index in [4.69, 9.17) is 9.47 Å². The lowest BCUT2D eigenvalue weighted by Crippen LogP contribution is -2.50. The highest BCUT2D eigenvalue weighted by atomic mass is 16.6. The minimum Gasteiger partial charge on any atom is -0.486 e. The van der Waals surface area contributed by atoms with Crippen molar-refractivity contribution in [3.63, 3.8) is 0 Å². The Kier molecular flexibility index (Phi) is 5.15. The third kappa shape index (κ3) is 3.77. The van der Waals surface area contributed by atoms with Crippen molar-refractivity contribution in [2.24, 2.45) is 0 Å². The van der Waals surface area contributed by atoms with Crippen molar-refractivity contribution in [3.8, 4) is 11.5 Å². The monoisotopic (exact) mass is 461 g/mol. The lowest BCUT2D eigenvalue weighted by Gasteiger charge is -2.46. The Hall–Kier alpha value is -3.22. The highest BCUT2D eigenvalue weighted by Crippen LogP contribution is 2.52. The zero-order valence-corrected chi connectivity index (χ0v) is 19.6. The van der Waals surface area contributed by atoms with Crippen LogP contribution in [0.1, 0.15) is 73.0 Å². The smallest absolute Gasteiger partial charge is 0.322 e. The van der Waals surface area contributed by atoms with Gasteiger partial charge in [-0.25, -0.2) is 4.79 Å². The molecule has 1 spiro atoms. The number of hydrogen-bond donors (Lipinski definition) is 2. The molecule has 7 heteroatoms. The quantitative estimate of drug-likeness (QED) is 0.690. The van der Waals surface area contributed by atoms with Gasteiger partial charge >= 0.3 is 6.03 Å². The number of carbonyl (C=O) groups excluding carboxylic acids is 2. The normalized spacial score (nSPS) is 22.3. The third-order valence-corrected chi connectivity index (χ3v) is 7.81. The lowest BCUT2D eigenvalue weighted by molar-refractivity contribution is 0.0951. The summed E-state index contributed by atoms with van der Waals surface area (Å²) in [6.07, 6.45) is 6.59. The molecule has 4 aliphatic rings. The topological polar surface area (TPSA) is 79.9 Å². The molecule has 2 N–H and O–H groups in total. The number of urea groups is 1. The molecule has 2 aliphatic carbocycles. The molecule has 1 unspecified atom stereocenters. The van der Waals surface area contributed by atoms with Gasteiger partial charge in [0.25, 0.3) is 5.91 Å². The highest BCUT2D eigenvalue weighted by molar-refractivity contribution is 5.96. The van der Waals surface area contributed by atoms with E-state index in [1.165, 1.54) is 18.4 Å². The van der Waals surface area contributed by atoms with E-state index in [0.29, 0.717) is 37.1 Å². The van der Waals surface area contributed by atoms with Crippen LogP contribution in [-0.4, -0.2) is 42.6 Å². The second-order valence-corrected chi connectivity index (χ2v) is 10.1. The van der Waals surface area contributed by atoms with Gasteiger partial charge in [0, 0.05) is 29.3 Å². The maximum atomic E-state index is 13.5. The molecule has 2 fully saturated rings. The number of amides is 3. The molecule has 2 aliphatic heterocycles. The average molecular weight is 462 g/mol. The van der Waals surface area contributed by atoms with Gasteiger partial charge < -0.3 is 25.0 Å². The highest BCUT2D eigenvalue weighted by Gasteiger charge is 2.46. The maximum absolute atomic E-state index is 13.5. The summed E-state index contributed by atoms with van der Waals surface area (Å²) in [4.78, 5) is 27.7. The van der Waals surface area contributed by atoms with Gasteiger partial charge in [0.05, 0.1) is 6.04 Å². The Balaban J connectivity index is 1.24. The predicted octanol–water partition coefficient (Wildman–Crippen LogP) is 4.77. The number of hydrogen-bond acceptors (Lipinski definition) is 4. The van der Waals surface area contributed by atoms with E-state index in [-0.39, 0.29) is 23.4 Å².